The van der Waals surface area contributed by atoms with Crippen LogP contribution in [-0.2, 0) is 0 Å². The molecule has 0 aromatic carbocycles. The second kappa shape index (κ2) is 5.43. The fourth-order valence-corrected chi connectivity index (χ4v) is 2.83. The van der Waals surface area contributed by atoms with Crippen LogP contribution >= 0.6 is 0 Å². The van der Waals surface area contributed by atoms with Crippen molar-refractivity contribution in [3.63, 3.8) is 0 Å². The van der Waals surface area contributed by atoms with Gasteiger partial charge in [-0.3, -0.25) is 4.79 Å². The number of carbonyl (C=O) groups excluding carboxylic acids is 1. The minimum atomic E-state index is 0.00599. The van der Waals surface area contributed by atoms with Crippen LogP contribution in [0.15, 0.2) is 18.3 Å². The molecule has 0 unspecified atom stereocenters. The molecule has 4 heteroatoms. The maximum atomic E-state index is 12.1. The van der Waals surface area contributed by atoms with Crippen molar-refractivity contribution in [2.24, 2.45) is 11.3 Å². The van der Waals surface area contributed by atoms with Crippen LogP contribution in [0.3, 0.4) is 0 Å². The van der Waals surface area contributed by atoms with E-state index in [2.05, 4.69) is 22.5 Å². The van der Waals surface area contributed by atoms with E-state index in [-0.39, 0.29) is 5.91 Å². The zero-order valence-electron chi connectivity index (χ0n) is 12.1. The maximum absolute atomic E-state index is 12.1. The monoisotopic (exact) mass is 273 g/mol. The Bertz CT molecular complexity index is 475. The van der Waals surface area contributed by atoms with Gasteiger partial charge in [0.25, 0.3) is 5.91 Å². The topological polar surface area (TPSA) is 54.0 Å². The highest BCUT2D eigenvalue weighted by Crippen LogP contribution is 2.60. The van der Waals surface area contributed by atoms with Crippen molar-refractivity contribution in [1.82, 2.24) is 10.3 Å². The number of nitrogens with zero attached hydrogens (tertiary/aromatic N) is 1. The van der Waals surface area contributed by atoms with E-state index in [1.165, 1.54) is 25.7 Å². The quantitative estimate of drug-likeness (QED) is 0.803. The summed E-state index contributed by atoms with van der Waals surface area (Å²) in [4.78, 5) is 16.4. The van der Waals surface area contributed by atoms with Crippen molar-refractivity contribution in [3.05, 3.63) is 23.9 Å². The number of nitrogens with one attached hydrogen (secondary N) is 2. The Morgan fingerprint density at radius 2 is 2.20 bits per heavy atom. The molecule has 1 aromatic rings. The maximum Gasteiger partial charge on any atom is 0.252 e. The van der Waals surface area contributed by atoms with Gasteiger partial charge < -0.3 is 10.6 Å². The Morgan fingerprint density at radius 3 is 2.75 bits per heavy atom. The Hall–Kier alpha value is -1.58. The van der Waals surface area contributed by atoms with Gasteiger partial charge in [0.05, 0.1) is 5.56 Å². The largest absolute Gasteiger partial charge is 0.370 e. The van der Waals surface area contributed by atoms with E-state index in [0.29, 0.717) is 11.0 Å². The molecule has 1 amide bonds. The van der Waals surface area contributed by atoms with Crippen LogP contribution in [0, 0.1) is 11.3 Å². The summed E-state index contributed by atoms with van der Waals surface area (Å²) in [6.45, 7) is 3.86. The first kappa shape index (κ1) is 13.4. The van der Waals surface area contributed by atoms with E-state index in [1.807, 2.05) is 12.1 Å². The van der Waals surface area contributed by atoms with Crippen molar-refractivity contribution < 1.29 is 4.79 Å². The highest BCUT2D eigenvalue weighted by atomic mass is 16.1. The van der Waals surface area contributed by atoms with E-state index >= 15 is 0 Å². The smallest absolute Gasteiger partial charge is 0.252 e. The fraction of sp³-hybridized carbons (Fsp3) is 0.625. The second-order valence-corrected chi connectivity index (χ2v) is 6.18. The molecule has 1 aromatic heterocycles. The molecule has 0 saturated heterocycles. The minimum absolute atomic E-state index is 0.00599. The molecule has 0 atom stereocenters. The van der Waals surface area contributed by atoms with Gasteiger partial charge >= 0.3 is 0 Å². The molecule has 3 rings (SSSR count). The Balaban J connectivity index is 1.51. The van der Waals surface area contributed by atoms with Crippen molar-refractivity contribution in [3.8, 4) is 0 Å². The molecule has 1 heterocycles. The second-order valence-electron chi connectivity index (χ2n) is 6.18. The van der Waals surface area contributed by atoms with Crippen LogP contribution in [0.2, 0.25) is 0 Å². The molecule has 2 N–H and O–H groups in total. The Kier molecular flexibility index (Phi) is 3.64. The molecule has 2 fully saturated rings. The minimum Gasteiger partial charge on any atom is -0.370 e. The normalized spacial score (nSPS) is 19.4. The molecule has 0 bridgehead atoms. The summed E-state index contributed by atoms with van der Waals surface area (Å²) < 4.78 is 0. The third-order valence-electron chi connectivity index (χ3n) is 4.52. The SMILES string of the molecule is CCCNc1ccc(C(=O)NCC2(C3CC3)CC2)cn1. The average Bonchev–Trinajstić information content (AvgIpc) is 3.36. The van der Waals surface area contributed by atoms with E-state index in [1.54, 1.807) is 6.20 Å². The molecule has 4 nitrogen and oxygen atoms in total. The van der Waals surface area contributed by atoms with Gasteiger partial charge in [-0.2, -0.15) is 0 Å². The van der Waals surface area contributed by atoms with Gasteiger partial charge in [0.1, 0.15) is 5.82 Å². The van der Waals surface area contributed by atoms with Gasteiger partial charge in [-0.1, -0.05) is 6.92 Å². The molecule has 0 spiro atoms. The Morgan fingerprint density at radius 1 is 1.40 bits per heavy atom. The van der Waals surface area contributed by atoms with Gasteiger partial charge in [-0.15, -0.1) is 0 Å². The lowest BCUT2D eigenvalue weighted by molar-refractivity contribution is 0.0942. The zero-order chi connectivity index (χ0) is 14.0. The first-order chi connectivity index (χ1) is 9.73. The molecule has 108 valence electrons. The first-order valence-electron chi connectivity index (χ1n) is 7.72. The van der Waals surface area contributed by atoms with Gasteiger partial charge in [0.2, 0.25) is 0 Å². The summed E-state index contributed by atoms with van der Waals surface area (Å²) in [5, 5.41) is 6.29. The zero-order valence-corrected chi connectivity index (χ0v) is 12.1. The van der Waals surface area contributed by atoms with E-state index < -0.39 is 0 Å². The molecule has 0 aliphatic heterocycles. The van der Waals surface area contributed by atoms with Crippen molar-refractivity contribution in [2.45, 2.75) is 39.0 Å². The van der Waals surface area contributed by atoms with Gasteiger partial charge in [0, 0.05) is 19.3 Å². The predicted octanol–water partition coefficient (Wildman–Crippen LogP) is 2.82. The standard InChI is InChI=1S/C16H23N3O/c1-2-9-17-14-6-3-12(10-18-14)15(20)19-11-16(7-8-16)13-4-5-13/h3,6,10,13H,2,4-5,7-9,11H2,1H3,(H,17,18)(H,19,20). The summed E-state index contributed by atoms with van der Waals surface area (Å²) in [6, 6.07) is 3.72. The number of aromatic nitrogens is 1. The Labute approximate surface area is 120 Å². The average molecular weight is 273 g/mol. The molecule has 2 saturated carbocycles. The number of anilines is 1. The lowest BCUT2D eigenvalue weighted by atomic mass is 10.0. The van der Waals surface area contributed by atoms with Crippen LogP contribution in [-0.4, -0.2) is 24.0 Å². The molecular formula is C16H23N3O. The van der Waals surface area contributed by atoms with Crippen LogP contribution < -0.4 is 10.6 Å². The number of hydrogen-bond donors (Lipinski definition) is 2. The highest BCUT2D eigenvalue weighted by Gasteiger charge is 2.53. The molecular weight excluding hydrogens is 250 g/mol. The van der Waals surface area contributed by atoms with Crippen LogP contribution in [0.25, 0.3) is 0 Å². The van der Waals surface area contributed by atoms with Crippen molar-refractivity contribution >= 4 is 11.7 Å². The van der Waals surface area contributed by atoms with Crippen LogP contribution in [0.5, 0.6) is 0 Å². The summed E-state index contributed by atoms with van der Waals surface area (Å²) in [6.07, 6.45) is 8.01. The van der Waals surface area contributed by atoms with E-state index in [9.17, 15) is 4.79 Å². The van der Waals surface area contributed by atoms with Gasteiger partial charge in [0.15, 0.2) is 0 Å². The fourth-order valence-electron chi connectivity index (χ4n) is 2.83. The number of hydrogen-bond acceptors (Lipinski definition) is 3. The number of pyridine rings is 1. The van der Waals surface area contributed by atoms with E-state index in [0.717, 1.165) is 31.2 Å². The highest BCUT2D eigenvalue weighted by molar-refractivity contribution is 5.94. The molecule has 2 aliphatic carbocycles. The van der Waals surface area contributed by atoms with Crippen molar-refractivity contribution in [1.29, 1.82) is 0 Å². The summed E-state index contributed by atoms with van der Waals surface area (Å²) in [7, 11) is 0. The molecule has 2 aliphatic rings. The van der Waals surface area contributed by atoms with Crippen LogP contribution in [0.1, 0.15) is 49.4 Å². The number of carbonyl (C=O) groups is 1. The summed E-state index contributed by atoms with van der Waals surface area (Å²) in [5.41, 5.74) is 1.10. The predicted molar refractivity (Wildman–Crippen MR) is 79.7 cm³/mol. The lowest BCUT2D eigenvalue weighted by Crippen LogP contribution is -2.31. The van der Waals surface area contributed by atoms with Crippen molar-refractivity contribution in [2.75, 3.05) is 18.4 Å². The first-order valence-corrected chi connectivity index (χ1v) is 7.72. The summed E-state index contributed by atoms with van der Waals surface area (Å²) >= 11 is 0. The molecule has 20 heavy (non-hydrogen) atoms. The third-order valence-corrected chi connectivity index (χ3v) is 4.52. The van der Waals surface area contributed by atoms with E-state index in [4.69, 9.17) is 0 Å². The number of rotatable bonds is 7. The van der Waals surface area contributed by atoms with Crippen LogP contribution in [0.4, 0.5) is 5.82 Å². The molecule has 0 radical (unpaired) electrons. The van der Waals surface area contributed by atoms with Gasteiger partial charge in [-0.05, 0) is 55.6 Å². The summed E-state index contributed by atoms with van der Waals surface area (Å²) in [5.74, 6) is 1.72. The third kappa shape index (κ3) is 2.94. The number of amides is 1. The van der Waals surface area contributed by atoms with Gasteiger partial charge in [-0.25, -0.2) is 4.98 Å². The lowest BCUT2D eigenvalue weighted by Gasteiger charge is -2.15.